The van der Waals surface area contributed by atoms with Gasteiger partial charge in [-0.25, -0.2) is 9.97 Å². The molecule has 1 aliphatic heterocycles. The van der Waals surface area contributed by atoms with E-state index in [9.17, 15) is 5.11 Å². The van der Waals surface area contributed by atoms with E-state index in [1.165, 1.54) is 11.4 Å². The molecule has 3 rings (SSSR count). The lowest BCUT2D eigenvalue weighted by molar-refractivity contribution is 0.219. The first-order valence-electron chi connectivity index (χ1n) is 6.81. The molecule has 1 N–H and O–H groups in total. The summed E-state index contributed by atoms with van der Waals surface area (Å²) in [6.45, 7) is 7.28. The van der Waals surface area contributed by atoms with Crippen LogP contribution in [-0.2, 0) is 6.54 Å². The molecule has 1 fully saturated rings. The number of aromatic nitrogens is 3. The van der Waals surface area contributed by atoms with Gasteiger partial charge in [-0.3, -0.25) is 9.30 Å². The Hall–Kier alpha value is -1.46. The van der Waals surface area contributed by atoms with Crippen molar-refractivity contribution in [2.45, 2.75) is 26.8 Å². The lowest BCUT2D eigenvalue weighted by atomic mass is 10.1. The number of aliphatic hydroxyl groups is 1. The molecule has 0 saturated carbocycles. The van der Waals surface area contributed by atoms with E-state index in [-0.39, 0.29) is 0 Å². The summed E-state index contributed by atoms with van der Waals surface area (Å²) in [5.74, 6) is 1.21. The summed E-state index contributed by atoms with van der Waals surface area (Å²) in [5.41, 5.74) is 3.36. The average molecular weight is 260 g/mol. The third kappa shape index (κ3) is 2.35. The summed E-state index contributed by atoms with van der Waals surface area (Å²) >= 11 is 0. The van der Waals surface area contributed by atoms with Crippen molar-refractivity contribution in [3.05, 3.63) is 29.3 Å². The van der Waals surface area contributed by atoms with Crippen molar-refractivity contribution in [2.24, 2.45) is 5.92 Å². The molecule has 19 heavy (non-hydrogen) atoms. The van der Waals surface area contributed by atoms with Crippen LogP contribution in [0.25, 0.3) is 5.78 Å². The zero-order chi connectivity index (χ0) is 13.4. The molecule has 0 amide bonds. The normalized spacial score (nSPS) is 20.5. The zero-order valence-corrected chi connectivity index (χ0v) is 11.5. The summed E-state index contributed by atoms with van der Waals surface area (Å²) in [5, 5.41) is 9.20. The monoisotopic (exact) mass is 260 g/mol. The van der Waals surface area contributed by atoms with Crippen LogP contribution >= 0.6 is 0 Å². The van der Waals surface area contributed by atoms with E-state index in [1.54, 1.807) is 0 Å². The van der Waals surface area contributed by atoms with Gasteiger partial charge in [-0.2, -0.15) is 0 Å². The van der Waals surface area contributed by atoms with Gasteiger partial charge in [0, 0.05) is 31.1 Å². The van der Waals surface area contributed by atoms with Crippen molar-refractivity contribution < 1.29 is 5.11 Å². The molecule has 0 aliphatic carbocycles. The van der Waals surface area contributed by atoms with Gasteiger partial charge in [0.05, 0.1) is 11.9 Å². The molecule has 5 nitrogen and oxygen atoms in total. The Morgan fingerprint density at radius 1 is 1.42 bits per heavy atom. The van der Waals surface area contributed by atoms with E-state index in [0.29, 0.717) is 12.5 Å². The largest absolute Gasteiger partial charge is 0.396 e. The van der Waals surface area contributed by atoms with Crippen molar-refractivity contribution in [1.29, 1.82) is 0 Å². The highest BCUT2D eigenvalue weighted by molar-refractivity contribution is 5.35. The maximum absolute atomic E-state index is 9.20. The van der Waals surface area contributed by atoms with Crippen LogP contribution in [0.15, 0.2) is 12.3 Å². The first-order chi connectivity index (χ1) is 9.17. The maximum Gasteiger partial charge on any atom is 0.234 e. The fourth-order valence-corrected chi connectivity index (χ4v) is 2.94. The number of nitrogens with zero attached hydrogens (tertiary/aromatic N) is 4. The van der Waals surface area contributed by atoms with Crippen LogP contribution in [0, 0.1) is 19.8 Å². The van der Waals surface area contributed by atoms with Gasteiger partial charge in [0.15, 0.2) is 0 Å². The van der Waals surface area contributed by atoms with Crippen LogP contribution in [0.1, 0.15) is 23.5 Å². The van der Waals surface area contributed by atoms with Gasteiger partial charge in [0.2, 0.25) is 5.78 Å². The molecule has 102 valence electrons. The molecule has 1 saturated heterocycles. The standard InChI is InChI=1S/C14H20N4O/c1-10-5-11(2)18-13(6-15-14(18)16-10)8-17-4-3-12(7-17)9-19/h5-6,12,19H,3-4,7-9H2,1-2H3. The number of rotatable bonds is 3. The van der Waals surface area contributed by atoms with E-state index >= 15 is 0 Å². The molecular formula is C14H20N4O. The van der Waals surface area contributed by atoms with Crippen LogP contribution < -0.4 is 0 Å². The number of hydrogen-bond donors (Lipinski definition) is 1. The fraction of sp³-hybridized carbons (Fsp3) is 0.571. The minimum Gasteiger partial charge on any atom is -0.396 e. The van der Waals surface area contributed by atoms with Gasteiger partial charge in [-0.05, 0) is 38.8 Å². The second kappa shape index (κ2) is 4.90. The van der Waals surface area contributed by atoms with Crippen LogP contribution in [0.4, 0.5) is 0 Å². The van der Waals surface area contributed by atoms with Crippen LogP contribution in [0.2, 0.25) is 0 Å². The van der Waals surface area contributed by atoms with E-state index in [4.69, 9.17) is 0 Å². The van der Waals surface area contributed by atoms with Crippen molar-refractivity contribution >= 4 is 5.78 Å². The zero-order valence-electron chi connectivity index (χ0n) is 11.5. The van der Waals surface area contributed by atoms with Crippen molar-refractivity contribution in [1.82, 2.24) is 19.3 Å². The lowest BCUT2D eigenvalue weighted by Gasteiger charge is -2.15. The van der Waals surface area contributed by atoms with Crippen LogP contribution in [0.3, 0.4) is 0 Å². The third-order valence-electron chi connectivity index (χ3n) is 3.88. The Morgan fingerprint density at radius 2 is 2.26 bits per heavy atom. The van der Waals surface area contributed by atoms with Gasteiger partial charge in [0.1, 0.15) is 0 Å². The number of likely N-dealkylation sites (tertiary alicyclic amines) is 1. The maximum atomic E-state index is 9.20. The number of fused-ring (bicyclic) bond motifs is 1. The molecule has 0 aromatic carbocycles. The van der Waals surface area contributed by atoms with Gasteiger partial charge in [0.25, 0.3) is 0 Å². The first-order valence-corrected chi connectivity index (χ1v) is 6.81. The number of aryl methyl sites for hydroxylation is 2. The Labute approximate surface area is 112 Å². The average Bonchev–Trinajstić information content (AvgIpc) is 2.97. The molecule has 1 unspecified atom stereocenters. The SMILES string of the molecule is Cc1cc(C)n2c(CN3CCC(CO)C3)cnc2n1. The molecule has 5 heteroatoms. The van der Waals surface area contributed by atoms with Gasteiger partial charge in [-0.15, -0.1) is 0 Å². The summed E-state index contributed by atoms with van der Waals surface area (Å²) in [7, 11) is 0. The summed E-state index contributed by atoms with van der Waals surface area (Å²) < 4.78 is 2.12. The lowest BCUT2D eigenvalue weighted by Crippen LogP contribution is -2.22. The van der Waals surface area contributed by atoms with E-state index < -0.39 is 0 Å². The Bertz CT molecular complexity index is 592. The fourth-order valence-electron chi connectivity index (χ4n) is 2.94. The smallest absolute Gasteiger partial charge is 0.234 e. The van der Waals surface area contributed by atoms with E-state index in [0.717, 1.165) is 37.5 Å². The second-order valence-corrected chi connectivity index (χ2v) is 5.50. The van der Waals surface area contributed by atoms with E-state index in [2.05, 4.69) is 32.3 Å². The summed E-state index contributed by atoms with van der Waals surface area (Å²) in [4.78, 5) is 11.2. The first kappa shape index (κ1) is 12.6. The quantitative estimate of drug-likeness (QED) is 0.900. The molecule has 0 spiro atoms. The molecule has 2 aromatic rings. The highest BCUT2D eigenvalue weighted by Gasteiger charge is 2.22. The molecule has 0 bridgehead atoms. The minimum atomic E-state index is 0.295. The molecule has 1 aliphatic rings. The molecule has 0 radical (unpaired) electrons. The highest BCUT2D eigenvalue weighted by Crippen LogP contribution is 2.19. The Kier molecular flexibility index (Phi) is 3.24. The number of imidazole rings is 1. The number of hydrogen-bond acceptors (Lipinski definition) is 4. The van der Waals surface area contributed by atoms with Crippen molar-refractivity contribution in [2.75, 3.05) is 19.7 Å². The topological polar surface area (TPSA) is 53.7 Å². The van der Waals surface area contributed by atoms with Gasteiger partial charge in [-0.1, -0.05) is 0 Å². The van der Waals surface area contributed by atoms with Gasteiger partial charge < -0.3 is 5.11 Å². The Morgan fingerprint density at radius 3 is 3.00 bits per heavy atom. The molecule has 2 aromatic heterocycles. The highest BCUT2D eigenvalue weighted by atomic mass is 16.3. The van der Waals surface area contributed by atoms with Crippen molar-refractivity contribution in [3.8, 4) is 0 Å². The third-order valence-corrected chi connectivity index (χ3v) is 3.88. The van der Waals surface area contributed by atoms with Crippen LogP contribution in [-0.4, -0.2) is 44.1 Å². The Balaban J connectivity index is 1.86. The predicted molar refractivity (Wildman–Crippen MR) is 72.9 cm³/mol. The summed E-state index contributed by atoms with van der Waals surface area (Å²) in [6, 6.07) is 2.08. The predicted octanol–water partition coefficient (Wildman–Crippen LogP) is 1.16. The summed E-state index contributed by atoms with van der Waals surface area (Å²) in [6.07, 6.45) is 3.00. The molecule has 3 heterocycles. The van der Waals surface area contributed by atoms with E-state index in [1.807, 2.05) is 13.1 Å². The molecular weight excluding hydrogens is 240 g/mol. The molecule has 1 atom stereocenters. The minimum absolute atomic E-state index is 0.295. The van der Waals surface area contributed by atoms with Crippen molar-refractivity contribution in [3.63, 3.8) is 0 Å². The second-order valence-electron chi connectivity index (χ2n) is 5.50. The van der Waals surface area contributed by atoms with Crippen LogP contribution in [0.5, 0.6) is 0 Å². The van der Waals surface area contributed by atoms with Gasteiger partial charge >= 0.3 is 0 Å². The number of aliphatic hydroxyl groups excluding tert-OH is 1.